The molecule has 0 radical (unpaired) electrons. The molecule has 1 unspecified atom stereocenters. The average Bonchev–Trinajstić information content (AvgIpc) is 2.55. The lowest BCUT2D eigenvalue weighted by molar-refractivity contribution is 0.500. The molecule has 1 aromatic heterocycles. The van der Waals surface area contributed by atoms with Crippen LogP contribution in [0.5, 0.6) is 0 Å². The first-order valence-corrected chi connectivity index (χ1v) is 7.69. The van der Waals surface area contributed by atoms with Crippen LogP contribution in [0.3, 0.4) is 0 Å². The fraction of sp³-hybridized carbons (Fsp3) is 0.412. The van der Waals surface area contributed by atoms with E-state index < -0.39 is 0 Å². The molecular formula is C17H22N4. The van der Waals surface area contributed by atoms with Crippen LogP contribution in [-0.2, 0) is 6.42 Å². The highest BCUT2D eigenvalue weighted by Gasteiger charge is 2.19. The summed E-state index contributed by atoms with van der Waals surface area (Å²) < 4.78 is 0. The quantitative estimate of drug-likeness (QED) is 0.940. The second kappa shape index (κ2) is 6.22. The highest BCUT2D eigenvalue weighted by atomic mass is 15.3. The standard InChI is InChI=1S/C17H22N4/c1-2-13-5-7-14(8-6-13)16-9-10-19-17(20-16)21-11-3-4-15(18)12-21/h5-10,15H,2-4,11-12,18H2,1H3. The summed E-state index contributed by atoms with van der Waals surface area (Å²) in [7, 11) is 0. The van der Waals surface area contributed by atoms with Crippen LogP contribution in [0.2, 0.25) is 0 Å². The largest absolute Gasteiger partial charge is 0.339 e. The van der Waals surface area contributed by atoms with Crippen molar-refractivity contribution < 1.29 is 0 Å². The molecule has 0 aliphatic carbocycles. The monoisotopic (exact) mass is 282 g/mol. The average molecular weight is 282 g/mol. The Morgan fingerprint density at radius 1 is 1.24 bits per heavy atom. The summed E-state index contributed by atoms with van der Waals surface area (Å²) in [6.07, 6.45) is 5.10. The van der Waals surface area contributed by atoms with E-state index in [1.54, 1.807) is 0 Å². The van der Waals surface area contributed by atoms with E-state index in [1.807, 2.05) is 12.3 Å². The van der Waals surface area contributed by atoms with Crippen LogP contribution >= 0.6 is 0 Å². The number of rotatable bonds is 3. The summed E-state index contributed by atoms with van der Waals surface area (Å²) >= 11 is 0. The number of nitrogens with two attached hydrogens (primary N) is 1. The summed E-state index contributed by atoms with van der Waals surface area (Å²) in [5, 5.41) is 0. The van der Waals surface area contributed by atoms with Crippen molar-refractivity contribution in [2.24, 2.45) is 5.73 Å². The molecule has 1 aliphatic rings. The van der Waals surface area contributed by atoms with E-state index in [0.29, 0.717) is 0 Å². The number of hydrogen-bond acceptors (Lipinski definition) is 4. The molecule has 3 rings (SSSR count). The number of hydrogen-bond donors (Lipinski definition) is 1. The number of nitrogens with zero attached hydrogens (tertiary/aromatic N) is 3. The third-order valence-corrected chi connectivity index (χ3v) is 4.04. The van der Waals surface area contributed by atoms with Gasteiger partial charge in [-0.25, -0.2) is 9.97 Å². The van der Waals surface area contributed by atoms with E-state index >= 15 is 0 Å². The summed E-state index contributed by atoms with van der Waals surface area (Å²) in [5.74, 6) is 0.794. The van der Waals surface area contributed by atoms with E-state index in [2.05, 4.69) is 41.1 Å². The van der Waals surface area contributed by atoms with Crippen LogP contribution in [0, 0.1) is 0 Å². The zero-order valence-electron chi connectivity index (χ0n) is 12.5. The zero-order valence-corrected chi connectivity index (χ0v) is 12.5. The van der Waals surface area contributed by atoms with Crippen molar-refractivity contribution in [3.63, 3.8) is 0 Å². The van der Waals surface area contributed by atoms with Crippen molar-refractivity contribution in [1.82, 2.24) is 9.97 Å². The third-order valence-electron chi connectivity index (χ3n) is 4.04. The SMILES string of the molecule is CCc1ccc(-c2ccnc(N3CCCC(N)C3)n2)cc1. The number of anilines is 1. The molecule has 1 fully saturated rings. The first-order valence-electron chi connectivity index (χ1n) is 7.69. The molecule has 0 spiro atoms. The number of aromatic nitrogens is 2. The van der Waals surface area contributed by atoms with Crippen molar-refractivity contribution >= 4 is 5.95 Å². The Morgan fingerprint density at radius 2 is 2.05 bits per heavy atom. The van der Waals surface area contributed by atoms with Crippen molar-refractivity contribution in [3.8, 4) is 11.3 Å². The first-order chi connectivity index (χ1) is 10.3. The lowest BCUT2D eigenvalue weighted by Gasteiger charge is -2.30. The predicted molar refractivity (Wildman–Crippen MR) is 86.3 cm³/mol. The molecule has 4 heteroatoms. The summed E-state index contributed by atoms with van der Waals surface area (Å²) in [4.78, 5) is 11.3. The van der Waals surface area contributed by atoms with Crippen molar-refractivity contribution in [1.29, 1.82) is 0 Å². The van der Waals surface area contributed by atoms with Crippen LogP contribution in [0.25, 0.3) is 11.3 Å². The molecule has 1 saturated heterocycles. The topological polar surface area (TPSA) is 55.0 Å². The minimum Gasteiger partial charge on any atom is -0.339 e. The molecule has 0 amide bonds. The van der Waals surface area contributed by atoms with E-state index in [0.717, 1.165) is 49.6 Å². The minimum absolute atomic E-state index is 0.231. The van der Waals surface area contributed by atoms with Gasteiger partial charge in [0.05, 0.1) is 5.69 Å². The van der Waals surface area contributed by atoms with Crippen LogP contribution in [0.1, 0.15) is 25.3 Å². The number of benzene rings is 1. The van der Waals surface area contributed by atoms with Gasteiger partial charge in [0.15, 0.2) is 0 Å². The molecule has 4 nitrogen and oxygen atoms in total. The molecule has 1 atom stereocenters. The van der Waals surface area contributed by atoms with Crippen molar-refractivity contribution in [3.05, 3.63) is 42.1 Å². The van der Waals surface area contributed by atoms with Gasteiger partial charge < -0.3 is 10.6 Å². The van der Waals surface area contributed by atoms with Crippen LogP contribution in [0.15, 0.2) is 36.5 Å². The van der Waals surface area contributed by atoms with Gasteiger partial charge >= 0.3 is 0 Å². The Bertz CT molecular complexity index is 594. The Hall–Kier alpha value is -1.94. The van der Waals surface area contributed by atoms with Crippen molar-refractivity contribution in [2.45, 2.75) is 32.2 Å². The summed E-state index contributed by atoms with van der Waals surface area (Å²) in [5.41, 5.74) is 9.50. The Balaban J connectivity index is 1.85. The normalized spacial score (nSPS) is 18.8. The van der Waals surface area contributed by atoms with Gasteiger partial charge in [0.1, 0.15) is 0 Å². The van der Waals surface area contributed by atoms with Crippen LogP contribution in [0.4, 0.5) is 5.95 Å². The number of piperidine rings is 1. The third kappa shape index (κ3) is 3.22. The maximum atomic E-state index is 6.05. The smallest absolute Gasteiger partial charge is 0.225 e. The highest BCUT2D eigenvalue weighted by Crippen LogP contribution is 2.21. The van der Waals surface area contributed by atoms with Gasteiger partial charge in [0, 0.05) is 30.9 Å². The van der Waals surface area contributed by atoms with Gasteiger partial charge in [-0.2, -0.15) is 0 Å². The molecule has 1 aromatic carbocycles. The van der Waals surface area contributed by atoms with E-state index in [9.17, 15) is 0 Å². The van der Waals surface area contributed by atoms with Crippen LogP contribution < -0.4 is 10.6 Å². The first kappa shape index (κ1) is 14.0. The molecular weight excluding hydrogens is 260 g/mol. The predicted octanol–water partition coefficient (Wildman–Crippen LogP) is 2.63. The van der Waals surface area contributed by atoms with E-state index in [-0.39, 0.29) is 6.04 Å². The maximum absolute atomic E-state index is 6.05. The zero-order chi connectivity index (χ0) is 14.7. The molecule has 0 saturated carbocycles. The molecule has 110 valence electrons. The van der Waals surface area contributed by atoms with Gasteiger partial charge in [0.25, 0.3) is 0 Å². The lowest BCUT2D eigenvalue weighted by atomic mass is 10.1. The fourth-order valence-electron chi connectivity index (χ4n) is 2.76. The highest BCUT2D eigenvalue weighted by molar-refractivity contribution is 5.60. The Morgan fingerprint density at radius 3 is 2.76 bits per heavy atom. The summed E-state index contributed by atoms with van der Waals surface area (Å²) in [6.45, 7) is 4.00. The van der Waals surface area contributed by atoms with Crippen LogP contribution in [-0.4, -0.2) is 29.1 Å². The Labute approximate surface area is 126 Å². The maximum Gasteiger partial charge on any atom is 0.225 e. The van der Waals surface area contributed by atoms with Gasteiger partial charge in [-0.05, 0) is 30.9 Å². The Kier molecular flexibility index (Phi) is 4.15. The molecule has 2 N–H and O–H groups in total. The van der Waals surface area contributed by atoms with E-state index in [4.69, 9.17) is 10.7 Å². The van der Waals surface area contributed by atoms with Gasteiger partial charge in [-0.3, -0.25) is 0 Å². The van der Waals surface area contributed by atoms with Gasteiger partial charge in [-0.15, -0.1) is 0 Å². The molecule has 2 aromatic rings. The minimum atomic E-state index is 0.231. The van der Waals surface area contributed by atoms with Crippen molar-refractivity contribution in [2.75, 3.05) is 18.0 Å². The lowest BCUT2D eigenvalue weighted by Crippen LogP contribution is -2.43. The van der Waals surface area contributed by atoms with Gasteiger partial charge in [-0.1, -0.05) is 31.2 Å². The molecule has 1 aliphatic heterocycles. The van der Waals surface area contributed by atoms with Gasteiger partial charge in [0.2, 0.25) is 5.95 Å². The molecule has 21 heavy (non-hydrogen) atoms. The summed E-state index contributed by atoms with van der Waals surface area (Å²) in [6, 6.07) is 10.8. The molecule has 2 heterocycles. The second-order valence-corrected chi connectivity index (χ2v) is 5.64. The fourth-order valence-corrected chi connectivity index (χ4v) is 2.76. The molecule has 0 bridgehead atoms. The second-order valence-electron chi connectivity index (χ2n) is 5.64. The number of aryl methyl sites for hydroxylation is 1. The van der Waals surface area contributed by atoms with E-state index in [1.165, 1.54) is 5.56 Å².